The summed E-state index contributed by atoms with van der Waals surface area (Å²) < 4.78 is 1.08. The fourth-order valence-electron chi connectivity index (χ4n) is 1.26. The van der Waals surface area contributed by atoms with E-state index < -0.39 is 10.8 Å². The molecule has 0 saturated heterocycles. The Morgan fingerprint density at radius 2 is 2.18 bits per heavy atom. The number of nitro groups is 1. The first-order valence-corrected chi connectivity index (χ1v) is 4.79. The van der Waals surface area contributed by atoms with Crippen LogP contribution in [-0.4, -0.2) is 25.5 Å². The van der Waals surface area contributed by atoms with Crippen molar-refractivity contribution in [2.75, 3.05) is 0 Å². The lowest BCUT2D eigenvalue weighted by Crippen LogP contribution is -2.45. The zero-order valence-electron chi connectivity index (χ0n) is 9.05. The Bertz CT molecular complexity index is 496. The average molecular weight is 258 g/mol. The molecule has 0 fully saturated rings. The number of imidazole rings is 1. The Balaban J connectivity index is 3.00. The number of aromatic nitrogens is 2. The molecule has 0 atom stereocenters. The Labute approximate surface area is 101 Å². The van der Waals surface area contributed by atoms with Gasteiger partial charge in [0, 0.05) is 0 Å². The maximum Gasteiger partial charge on any atom is 0.346 e. The lowest BCUT2D eigenvalue weighted by atomic mass is 10.5. The van der Waals surface area contributed by atoms with Gasteiger partial charge in [0.15, 0.2) is 5.11 Å². The average Bonchev–Trinajstić information content (AvgIpc) is 2.50. The van der Waals surface area contributed by atoms with Crippen LogP contribution in [0.2, 0.25) is 0 Å². The third kappa shape index (κ3) is 2.66. The van der Waals surface area contributed by atoms with Crippen molar-refractivity contribution in [1.29, 1.82) is 0 Å². The van der Waals surface area contributed by atoms with Crippen molar-refractivity contribution in [3.05, 3.63) is 21.6 Å². The highest BCUT2D eigenvalue weighted by Gasteiger charge is 2.26. The highest BCUT2D eigenvalue weighted by Crippen LogP contribution is 2.17. The summed E-state index contributed by atoms with van der Waals surface area (Å²) in [5, 5.41) is 10.6. The van der Waals surface area contributed by atoms with Crippen LogP contribution in [0.4, 0.5) is 5.82 Å². The van der Waals surface area contributed by atoms with E-state index in [1.807, 2.05) is 0 Å². The molecule has 0 spiro atoms. The second kappa shape index (κ2) is 4.74. The number of aryl methyl sites for hydroxylation is 1. The van der Waals surface area contributed by atoms with Gasteiger partial charge in [-0.1, -0.05) is 0 Å². The lowest BCUT2D eigenvalue weighted by Gasteiger charge is -2.03. The predicted octanol–water partition coefficient (Wildman–Crippen LogP) is -0.885. The number of nitrogens with zero attached hydrogens (tertiary/aromatic N) is 3. The molecule has 0 aliphatic heterocycles. The van der Waals surface area contributed by atoms with E-state index in [0.29, 0.717) is 0 Å². The van der Waals surface area contributed by atoms with E-state index >= 15 is 0 Å². The van der Waals surface area contributed by atoms with Crippen LogP contribution in [0.5, 0.6) is 0 Å². The zero-order valence-corrected chi connectivity index (χ0v) is 9.87. The summed E-state index contributed by atoms with van der Waals surface area (Å²) in [5.74, 6) is -1.03. The lowest BCUT2D eigenvalue weighted by molar-refractivity contribution is -0.392. The van der Waals surface area contributed by atoms with Crippen molar-refractivity contribution in [3.8, 4) is 0 Å². The van der Waals surface area contributed by atoms with Crippen molar-refractivity contribution < 1.29 is 9.72 Å². The quantitative estimate of drug-likeness (QED) is 0.357. The molecule has 4 N–H and O–H groups in total. The van der Waals surface area contributed by atoms with Crippen LogP contribution in [-0.2, 0) is 7.05 Å². The summed E-state index contributed by atoms with van der Waals surface area (Å²) in [5.41, 5.74) is 9.63. The van der Waals surface area contributed by atoms with Gasteiger partial charge in [0.25, 0.3) is 5.82 Å². The highest BCUT2D eigenvalue weighted by atomic mass is 32.1. The number of nitrogens with one attached hydrogen (secondary N) is 2. The first kappa shape index (κ1) is 12.8. The number of rotatable bonds is 2. The van der Waals surface area contributed by atoms with Crippen LogP contribution in [0.25, 0.3) is 0 Å². The molecule has 1 rings (SSSR count). The van der Waals surface area contributed by atoms with Crippen molar-refractivity contribution in [2.45, 2.75) is 6.92 Å². The van der Waals surface area contributed by atoms with E-state index in [2.05, 4.69) is 28.1 Å². The van der Waals surface area contributed by atoms with Gasteiger partial charge in [-0.3, -0.25) is 15.6 Å². The summed E-state index contributed by atoms with van der Waals surface area (Å²) in [4.78, 5) is 25.4. The number of hydrogen-bond donors (Lipinski definition) is 3. The molecular formula is C7H10N6O3S. The fourth-order valence-corrected chi connectivity index (χ4v) is 1.31. The molecule has 9 nitrogen and oxygen atoms in total. The minimum atomic E-state index is -0.670. The molecule has 0 radical (unpaired) electrons. The van der Waals surface area contributed by atoms with Crippen LogP contribution in [0.1, 0.15) is 16.3 Å². The molecule has 1 heterocycles. The number of hydrogen-bond acceptors (Lipinski definition) is 5. The number of thiocarbonyl (C=S) groups is 1. The van der Waals surface area contributed by atoms with E-state index in [1.54, 1.807) is 0 Å². The third-order valence-electron chi connectivity index (χ3n) is 1.91. The molecule has 92 valence electrons. The van der Waals surface area contributed by atoms with Crippen molar-refractivity contribution in [2.24, 2.45) is 12.8 Å². The first-order chi connectivity index (χ1) is 7.84. The highest BCUT2D eigenvalue weighted by molar-refractivity contribution is 7.80. The Kier molecular flexibility index (Phi) is 3.58. The van der Waals surface area contributed by atoms with Gasteiger partial charge >= 0.3 is 11.7 Å². The molecule has 1 aromatic heterocycles. The molecule has 1 aromatic rings. The second-order valence-corrected chi connectivity index (χ2v) is 3.54. The number of carbonyl (C=O) groups excluding carboxylic acids is 1. The molecule has 17 heavy (non-hydrogen) atoms. The van der Waals surface area contributed by atoms with E-state index in [4.69, 9.17) is 5.73 Å². The molecule has 0 unspecified atom stereocenters. The van der Waals surface area contributed by atoms with Gasteiger partial charge in [0.2, 0.25) is 0 Å². The van der Waals surface area contributed by atoms with Crippen LogP contribution in [0.3, 0.4) is 0 Å². The van der Waals surface area contributed by atoms with Gasteiger partial charge in [-0.15, -0.1) is 0 Å². The number of nitrogens with two attached hydrogens (primary N) is 1. The summed E-state index contributed by atoms with van der Waals surface area (Å²) in [6.07, 6.45) is 0. The van der Waals surface area contributed by atoms with Gasteiger partial charge in [-0.2, -0.15) is 0 Å². The molecule has 0 aliphatic carbocycles. The maximum absolute atomic E-state index is 11.6. The Morgan fingerprint density at radius 1 is 1.59 bits per heavy atom. The first-order valence-electron chi connectivity index (χ1n) is 4.38. The Morgan fingerprint density at radius 3 is 2.59 bits per heavy atom. The van der Waals surface area contributed by atoms with E-state index in [1.165, 1.54) is 14.0 Å². The summed E-state index contributed by atoms with van der Waals surface area (Å²) in [6.45, 7) is 1.44. The van der Waals surface area contributed by atoms with Crippen LogP contribution < -0.4 is 16.6 Å². The van der Waals surface area contributed by atoms with Crippen LogP contribution in [0, 0.1) is 17.0 Å². The molecule has 0 aromatic carbocycles. The van der Waals surface area contributed by atoms with Crippen LogP contribution >= 0.6 is 12.2 Å². The summed E-state index contributed by atoms with van der Waals surface area (Å²) >= 11 is 4.49. The van der Waals surface area contributed by atoms with Crippen molar-refractivity contribution >= 4 is 29.1 Å². The molecule has 0 aliphatic rings. The molecule has 0 bridgehead atoms. The summed E-state index contributed by atoms with van der Waals surface area (Å²) in [7, 11) is 1.37. The van der Waals surface area contributed by atoms with Gasteiger partial charge in [0.05, 0.1) is 7.05 Å². The largest absolute Gasteiger partial charge is 0.375 e. The zero-order chi connectivity index (χ0) is 13.2. The van der Waals surface area contributed by atoms with E-state index in [0.717, 1.165) is 4.57 Å². The minimum Gasteiger partial charge on any atom is -0.375 e. The fraction of sp³-hybridized carbons (Fsp3) is 0.286. The third-order valence-corrected chi connectivity index (χ3v) is 2.01. The monoisotopic (exact) mass is 258 g/mol. The van der Waals surface area contributed by atoms with Gasteiger partial charge < -0.3 is 15.8 Å². The molecule has 10 heteroatoms. The standard InChI is InChI=1S/C7H10N6O3S/c1-3-6(13(15)16)12(2)4(9-3)5(14)10-11-7(8)17/h1-2H3,(H,10,14)(H3,8,11,17). The topological polar surface area (TPSA) is 128 Å². The molecule has 1 amide bonds. The normalized spacial score (nSPS) is 9.76. The van der Waals surface area contributed by atoms with Gasteiger partial charge in [0.1, 0.15) is 5.69 Å². The SMILES string of the molecule is Cc1nc(C(=O)NNC(N)=S)n(C)c1[N+](=O)[O-]. The van der Waals surface area contributed by atoms with Gasteiger partial charge in [-0.25, -0.2) is 9.55 Å². The predicted molar refractivity (Wildman–Crippen MR) is 62.0 cm³/mol. The maximum atomic E-state index is 11.6. The Hall–Kier alpha value is -2.23. The van der Waals surface area contributed by atoms with Crippen molar-refractivity contribution in [1.82, 2.24) is 20.4 Å². The second-order valence-electron chi connectivity index (χ2n) is 3.10. The summed E-state index contributed by atoms with van der Waals surface area (Å²) in [6, 6.07) is 0. The number of hydrazine groups is 1. The molecular weight excluding hydrogens is 248 g/mol. The minimum absolute atomic E-state index is 0.113. The van der Waals surface area contributed by atoms with E-state index in [9.17, 15) is 14.9 Å². The molecule has 0 saturated carbocycles. The van der Waals surface area contributed by atoms with Crippen LogP contribution in [0.15, 0.2) is 0 Å². The number of carbonyl (C=O) groups is 1. The van der Waals surface area contributed by atoms with E-state index in [-0.39, 0.29) is 22.4 Å². The van der Waals surface area contributed by atoms with Crippen molar-refractivity contribution in [3.63, 3.8) is 0 Å². The smallest absolute Gasteiger partial charge is 0.346 e. The van der Waals surface area contributed by atoms with Gasteiger partial charge in [-0.05, 0) is 24.1 Å². The number of amides is 1.